The minimum Gasteiger partial charge on any atom is -0.497 e. The highest BCUT2D eigenvalue weighted by atomic mass is 35.5. The van der Waals surface area contributed by atoms with Crippen LogP contribution in [0.1, 0.15) is 18.1 Å². The Morgan fingerprint density at radius 1 is 1.33 bits per heavy atom. The van der Waals surface area contributed by atoms with Crippen molar-refractivity contribution in [3.63, 3.8) is 0 Å². The summed E-state index contributed by atoms with van der Waals surface area (Å²) in [4.78, 5) is 0. The van der Waals surface area contributed by atoms with Crippen LogP contribution in [0.2, 0.25) is 0 Å². The highest BCUT2D eigenvalue weighted by Gasteiger charge is 2.13. The molecule has 0 bridgehead atoms. The maximum absolute atomic E-state index is 9.83. The first kappa shape index (κ1) is 12.1. The molecule has 0 fully saturated rings. The number of ether oxygens (including phenoxy) is 2. The topological polar surface area (TPSA) is 38.7 Å². The fraction of sp³-hybridized carbons (Fsp3) is 0.455. The predicted molar refractivity (Wildman–Crippen MR) is 59.8 cm³/mol. The molecule has 0 aliphatic carbocycles. The average Bonchev–Trinajstić information content (AvgIpc) is 2.28. The zero-order valence-electron chi connectivity index (χ0n) is 8.87. The summed E-state index contributed by atoms with van der Waals surface area (Å²) in [6.45, 7) is 0. The summed E-state index contributed by atoms with van der Waals surface area (Å²) in [5, 5.41) is 9.83. The number of hydrogen-bond donors (Lipinski definition) is 1. The van der Waals surface area contributed by atoms with Gasteiger partial charge in [0.1, 0.15) is 11.5 Å². The molecule has 0 radical (unpaired) electrons. The minimum absolute atomic E-state index is 0.404. The zero-order valence-corrected chi connectivity index (χ0v) is 9.62. The summed E-state index contributed by atoms with van der Waals surface area (Å²) >= 11 is 5.58. The molecule has 0 aromatic heterocycles. The molecule has 1 aromatic rings. The lowest BCUT2D eigenvalue weighted by Crippen LogP contribution is -2.02. The molecule has 1 unspecified atom stereocenters. The Kier molecular flexibility index (Phi) is 4.72. The lowest BCUT2D eigenvalue weighted by Gasteiger charge is -2.14. The van der Waals surface area contributed by atoms with Crippen molar-refractivity contribution in [1.29, 1.82) is 0 Å². The van der Waals surface area contributed by atoms with Crippen LogP contribution in [0.15, 0.2) is 18.2 Å². The summed E-state index contributed by atoms with van der Waals surface area (Å²) < 4.78 is 10.2. The van der Waals surface area contributed by atoms with Crippen LogP contribution in [-0.4, -0.2) is 25.2 Å². The van der Waals surface area contributed by atoms with Crippen molar-refractivity contribution in [1.82, 2.24) is 0 Å². The Bertz CT molecular complexity index is 315. The maximum atomic E-state index is 9.83. The molecule has 0 aliphatic rings. The van der Waals surface area contributed by atoms with E-state index in [9.17, 15) is 5.11 Å². The number of aliphatic hydroxyl groups excluding tert-OH is 1. The van der Waals surface area contributed by atoms with Crippen LogP contribution in [0.3, 0.4) is 0 Å². The molecule has 1 aromatic carbocycles. The van der Waals surface area contributed by atoms with E-state index in [-0.39, 0.29) is 0 Å². The van der Waals surface area contributed by atoms with E-state index in [0.717, 1.165) is 0 Å². The number of rotatable bonds is 5. The van der Waals surface area contributed by atoms with E-state index in [1.165, 1.54) is 0 Å². The van der Waals surface area contributed by atoms with Crippen molar-refractivity contribution < 1.29 is 14.6 Å². The Morgan fingerprint density at radius 2 is 2.07 bits per heavy atom. The first-order chi connectivity index (χ1) is 7.22. The second-order valence-electron chi connectivity index (χ2n) is 3.10. The van der Waals surface area contributed by atoms with Gasteiger partial charge < -0.3 is 14.6 Å². The van der Waals surface area contributed by atoms with Gasteiger partial charge in [-0.15, -0.1) is 11.6 Å². The van der Waals surface area contributed by atoms with E-state index in [1.807, 2.05) is 0 Å². The van der Waals surface area contributed by atoms with Crippen LogP contribution < -0.4 is 9.47 Å². The maximum Gasteiger partial charge on any atom is 0.124 e. The SMILES string of the molecule is COc1ccc(OC)c(C(O)CCCl)c1. The van der Waals surface area contributed by atoms with Crippen LogP contribution in [-0.2, 0) is 0 Å². The molecule has 1 atom stereocenters. The third-order valence-corrected chi connectivity index (χ3v) is 2.40. The molecule has 1 rings (SSSR count). The molecule has 84 valence electrons. The molecular weight excluding hydrogens is 216 g/mol. The highest BCUT2D eigenvalue weighted by Crippen LogP contribution is 2.30. The van der Waals surface area contributed by atoms with Crippen LogP contribution in [0.4, 0.5) is 0 Å². The summed E-state index contributed by atoms with van der Waals surface area (Å²) in [6.07, 6.45) is -0.127. The number of halogens is 1. The van der Waals surface area contributed by atoms with E-state index >= 15 is 0 Å². The fourth-order valence-electron chi connectivity index (χ4n) is 1.36. The highest BCUT2D eigenvalue weighted by molar-refractivity contribution is 6.17. The van der Waals surface area contributed by atoms with Gasteiger partial charge in [0.15, 0.2) is 0 Å². The second kappa shape index (κ2) is 5.83. The summed E-state index contributed by atoms with van der Waals surface area (Å²) in [7, 11) is 3.15. The van der Waals surface area contributed by atoms with Gasteiger partial charge in [-0.2, -0.15) is 0 Å². The minimum atomic E-state index is -0.618. The summed E-state index contributed by atoms with van der Waals surface area (Å²) in [6, 6.07) is 5.32. The van der Waals surface area contributed by atoms with Crippen LogP contribution >= 0.6 is 11.6 Å². The van der Waals surface area contributed by atoms with Gasteiger partial charge in [0.25, 0.3) is 0 Å². The molecule has 0 saturated carbocycles. The van der Waals surface area contributed by atoms with E-state index < -0.39 is 6.10 Å². The van der Waals surface area contributed by atoms with Crippen molar-refractivity contribution >= 4 is 11.6 Å². The Labute approximate surface area is 94.6 Å². The van der Waals surface area contributed by atoms with Crippen LogP contribution in [0, 0.1) is 0 Å². The Morgan fingerprint density at radius 3 is 2.60 bits per heavy atom. The molecule has 1 N–H and O–H groups in total. The van der Waals surface area contributed by atoms with Gasteiger partial charge in [0.2, 0.25) is 0 Å². The lowest BCUT2D eigenvalue weighted by molar-refractivity contribution is 0.170. The van der Waals surface area contributed by atoms with E-state index in [4.69, 9.17) is 21.1 Å². The van der Waals surface area contributed by atoms with Crippen molar-refractivity contribution in [3.8, 4) is 11.5 Å². The largest absolute Gasteiger partial charge is 0.497 e. The van der Waals surface area contributed by atoms with Crippen molar-refractivity contribution in [2.45, 2.75) is 12.5 Å². The number of aliphatic hydroxyl groups is 1. The number of benzene rings is 1. The fourth-order valence-corrected chi connectivity index (χ4v) is 1.57. The van der Waals surface area contributed by atoms with E-state index in [2.05, 4.69) is 0 Å². The van der Waals surface area contributed by atoms with Crippen molar-refractivity contribution in [2.75, 3.05) is 20.1 Å². The second-order valence-corrected chi connectivity index (χ2v) is 3.48. The Hall–Kier alpha value is -0.930. The predicted octanol–water partition coefficient (Wildman–Crippen LogP) is 2.37. The zero-order chi connectivity index (χ0) is 11.3. The quantitative estimate of drug-likeness (QED) is 0.790. The molecule has 0 heterocycles. The van der Waals surface area contributed by atoms with Gasteiger partial charge in [-0.05, 0) is 24.6 Å². The third kappa shape index (κ3) is 3.01. The third-order valence-electron chi connectivity index (χ3n) is 2.18. The van der Waals surface area contributed by atoms with Gasteiger partial charge in [-0.25, -0.2) is 0 Å². The van der Waals surface area contributed by atoms with Gasteiger partial charge in [-0.1, -0.05) is 0 Å². The monoisotopic (exact) mass is 230 g/mol. The molecule has 0 spiro atoms. The van der Waals surface area contributed by atoms with Crippen molar-refractivity contribution in [2.24, 2.45) is 0 Å². The van der Waals surface area contributed by atoms with Gasteiger partial charge >= 0.3 is 0 Å². The van der Waals surface area contributed by atoms with Gasteiger partial charge in [0.05, 0.1) is 20.3 Å². The smallest absolute Gasteiger partial charge is 0.124 e. The van der Waals surface area contributed by atoms with Gasteiger partial charge in [0, 0.05) is 11.4 Å². The molecule has 0 aliphatic heterocycles. The molecule has 4 heteroatoms. The molecule has 3 nitrogen and oxygen atoms in total. The molecular formula is C11H15ClO3. The first-order valence-corrected chi connectivity index (χ1v) is 5.22. The van der Waals surface area contributed by atoms with Gasteiger partial charge in [-0.3, -0.25) is 0 Å². The van der Waals surface area contributed by atoms with E-state index in [0.29, 0.717) is 29.4 Å². The number of hydrogen-bond acceptors (Lipinski definition) is 3. The van der Waals surface area contributed by atoms with Crippen molar-refractivity contribution in [3.05, 3.63) is 23.8 Å². The number of methoxy groups -OCH3 is 2. The van der Waals surface area contributed by atoms with Crippen LogP contribution in [0.25, 0.3) is 0 Å². The van der Waals surface area contributed by atoms with E-state index in [1.54, 1.807) is 32.4 Å². The molecule has 0 amide bonds. The lowest BCUT2D eigenvalue weighted by atomic mass is 10.1. The van der Waals surface area contributed by atoms with Crippen LogP contribution in [0.5, 0.6) is 11.5 Å². The normalized spacial score (nSPS) is 12.3. The Balaban J connectivity index is 3.00. The summed E-state index contributed by atoms with van der Waals surface area (Å²) in [5.41, 5.74) is 0.706. The molecule has 0 saturated heterocycles. The summed E-state index contributed by atoms with van der Waals surface area (Å²) in [5.74, 6) is 1.74. The standard InChI is InChI=1S/C11H15ClO3/c1-14-8-3-4-11(15-2)9(7-8)10(13)5-6-12/h3-4,7,10,13H,5-6H2,1-2H3. The average molecular weight is 231 g/mol. The number of alkyl halides is 1. The molecule has 15 heavy (non-hydrogen) atoms. The first-order valence-electron chi connectivity index (χ1n) is 4.69.